The van der Waals surface area contributed by atoms with Crippen LogP contribution in [0.5, 0.6) is 11.5 Å². The molecule has 0 saturated heterocycles. The third-order valence-electron chi connectivity index (χ3n) is 6.71. The molecule has 2 heterocycles. The first kappa shape index (κ1) is 22.4. The van der Waals surface area contributed by atoms with Gasteiger partial charge in [0.25, 0.3) is 0 Å². The van der Waals surface area contributed by atoms with Gasteiger partial charge in [-0.3, -0.25) is 4.79 Å². The molecule has 0 bridgehead atoms. The quantitative estimate of drug-likeness (QED) is 0.678. The van der Waals surface area contributed by atoms with Crippen molar-refractivity contribution in [3.05, 3.63) is 45.7 Å². The molecule has 2 aromatic rings. The molecule has 1 saturated carbocycles. The summed E-state index contributed by atoms with van der Waals surface area (Å²) < 4.78 is 18.9. The van der Waals surface area contributed by atoms with Crippen LogP contribution in [-0.4, -0.2) is 53.8 Å². The molecule has 8 heteroatoms. The summed E-state index contributed by atoms with van der Waals surface area (Å²) in [6.07, 6.45) is 3.82. The lowest BCUT2D eigenvalue weighted by Gasteiger charge is -2.40. The normalized spacial score (nSPS) is 21.8. The predicted octanol–water partition coefficient (Wildman–Crippen LogP) is 2.89. The smallest absolute Gasteiger partial charge is 0.341 e. The number of aliphatic hydroxyl groups is 1. The molecular weight excluding hydrogens is 414 g/mol. The maximum atomic E-state index is 12.5. The first-order chi connectivity index (χ1) is 15.2. The Morgan fingerprint density at radius 1 is 1.16 bits per heavy atom. The molecule has 0 spiro atoms. The van der Waals surface area contributed by atoms with E-state index in [2.05, 4.69) is 0 Å². The molecule has 1 aliphatic heterocycles. The number of pyridine rings is 1. The van der Waals surface area contributed by atoms with Crippen LogP contribution in [0.15, 0.2) is 29.2 Å². The van der Waals surface area contributed by atoms with E-state index in [0.717, 1.165) is 24.0 Å². The fourth-order valence-corrected chi connectivity index (χ4v) is 4.50. The minimum Gasteiger partial charge on any atom is -0.493 e. The van der Waals surface area contributed by atoms with Crippen LogP contribution >= 0.6 is 0 Å². The first-order valence-corrected chi connectivity index (χ1v) is 10.7. The van der Waals surface area contributed by atoms with Gasteiger partial charge in [-0.2, -0.15) is 0 Å². The molecule has 0 radical (unpaired) electrons. The molecule has 1 aromatic heterocycles. The number of aromatic carboxylic acids is 1. The Kier molecular flexibility index (Phi) is 5.77. The van der Waals surface area contributed by atoms with Gasteiger partial charge >= 0.3 is 5.97 Å². The Morgan fingerprint density at radius 2 is 1.88 bits per heavy atom. The molecule has 32 heavy (non-hydrogen) atoms. The van der Waals surface area contributed by atoms with Crippen molar-refractivity contribution >= 4 is 5.97 Å². The summed E-state index contributed by atoms with van der Waals surface area (Å²) in [5.74, 6) is -0.0945. The van der Waals surface area contributed by atoms with E-state index < -0.39 is 16.8 Å². The Hall–Kier alpha value is -2.84. The highest BCUT2D eigenvalue weighted by Gasteiger charge is 2.37. The van der Waals surface area contributed by atoms with E-state index in [0.29, 0.717) is 23.6 Å². The number of aromatic nitrogens is 1. The zero-order valence-corrected chi connectivity index (χ0v) is 18.8. The first-order valence-electron chi connectivity index (χ1n) is 10.7. The molecule has 0 unspecified atom stereocenters. The number of nitrogens with zero attached hydrogens (tertiary/aromatic N) is 1. The average molecular weight is 443 g/mol. The van der Waals surface area contributed by atoms with E-state index >= 15 is 0 Å². The summed E-state index contributed by atoms with van der Waals surface area (Å²) in [6.45, 7) is 3.75. The standard InChI is InChI=1S/C24H29NO7/c1-24(2,12-26)22-6-13-5-21(32-15-7-14(8-15)30-3)20(31-4)9-16(13)18-10-19(27)17(23(28)29)11-25(18)22/h5,9-11,14-15,22,26H,6-8,12H2,1-4H3,(H,28,29)/t14?,15?,22-/m0/s1. The van der Waals surface area contributed by atoms with Crippen LogP contribution in [0.25, 0.3) is 11.3 Å². The van der Waals surface area contributed by atoms with Gasteiger partial charge in [-0.05, 0) is 24.1 Å². The van der Waals surface area contributed by atoms with Crippen LogP contribution in [0.1, 0.15) is 48.7 Å². The number of hydrogen-bond donors (Lipinski definition) is 2. The number of aliphatic hydroxyl groups excluding tert-OH is 1. The van der Waals surface area contributed by atoms with E-state index in [4.69, 9.17) is 14.2 Å². The van der Waals surface area contributed by atoms with Crippen molar-refractivity contribution in [2.24, 2.45) is 5.41 Å². The summed E-state index contributed by atoms with van der Waals surface area (Å²) in [7, 11) is 3.26. The van der Waals surface area contributed by atoms with Crippen molar-refractivity contribution in [1.82, 2.24) is 4.57 Å². The van der Waals surface area contributed by atoms with Crippen molar-refractivity contribution < 1.29 is 29.2 Å². The number of carboxylic acid groups (broad SMARTS) is 1. The highest BCUT2D eigenvalue weighted by atomic mass is 16.5. The number of carboxylic acids is 1. The Morgan fingerprint density at radius 3 is 2.47 bits per heavy atom. The molecule has 1 aliphatic carbocycles. The lowest BCUT2D eigenvalue weighted by molar-refractivity contribution is -0.0388. The fraction of sp³-hybridized carbons (Fsp3) is 0.500. The Balaban J connectivity index is 1.83. The van der Waals surface area contributed by atoms with Gasteiger partial charge in [0.1, 0.15) is 11.7 Å². The zero-order chi connectivity index (χ0) is 23.2. The van der Waals surface area contributed by atoms with E-state index in [1.165, 1.54) is 12.3 Å². The maximum Gasteiger partial charge on any atom is 0.341 e. The van der Waals surface area contributed by atoms with Gasteiger partial charge in [-0.25, -0.2) is 4.79 Å². The molecule has 172 valence electrons. The average Bonchev–Trinajstić information content (AvgIpc) is 2.74. The van der Waals surface area contributed by atoms with Crippen molar-refractivity contribution in [3.8, 4) is 22.8 Å². The maximum absolute atomic E-state index is 12.5. The molecule has 1 atom stereocenters. The minimum atomic E-state index is -1.27. The largest absolute Gasteiger partial charge is 0.493 e. The van der Waals surface area contributed by atoms with Gasteiger partial charge in [-0.15, -0.1) is 0 Å². The van der Waals surface area contributed by atoms with Crippen molar-refractivity contribution in [2.45, 2.75) is 51.4 Å². The van der Waals surface area contributed by atoms with Gasteiger partial charge in [-0.1, -0.05) is 13.8 Å². The SMILES string of the molecule is COc1cc2c(cc1OC1CC(OC)C1)C[C@@H](C(C)(C)CO)n1cc(C(=O)O)c(=O)cc1-2. The Bertz CT molecular complexity index is 1100. The second-order valence-electron chi connectivity index (χ2n) is 9.24. The number of hydrogen-bond acceptors (Lipinski definition) is 6. The van der Waals surface area contributed by atoms with Crippen LogP contribution < -0.4 is 14.9 Å². The van der Waals surface area contributed by atoms with Crippen LogP contribution in [0.3, 0.4) is 0 Å². The molecule has 1 fully saturated rings. The number of ether oxygens (including phenoxy) is 3. The fourth-order valence-electron chi connectivity index (χ4n) is 4.50. The summed E-state index contributed by atoms with van der Waals surface area (Å²) in [5.41, 5.74) is 0.935. The third kappa shape index (κ3) is 3.78. The molecular formula is C24H29NO7. The molecule has 2 aliphatic rings. The lowest BCUT2D eigenvalue weighted by atomic mass is 9.78. The zero-order valence-electron chi connectivity index (χ0n) is 18.8. The van der Waals surface area contributed by atoms with E-state index in [1.807, 2.05) is 26.0 Å². The number of carbonyl (C=O) groups is 1. The molecule has 0 amide bonds. The highest BCUT2D eigenvalue weighted by molar-refractivity contribution is 5.88. The van der Waals surface area contributed by atoms with Crippen molar-refractivity contribution in [2.75, 3.05) is 20.8 Å². The van der Waals surface area contributed by atoms with Gasteiger partial charge in [0.15, 0.2) is 16.9 Å². The second kappa shape index (κ2) is 8.26. The van der Waals surface area contributed by atoms with Crippen LogP contribution in [0.2, 0.25) is 0 Å². The minimum absolute atomic E-state index is 0.0493. The Labute approximate surface area is 186 Å². The number of rotatable bonds is 7. The van der Waals surface area contributed by atoms with Gasteiger partial charge < -0.3 is 29.0 Å². The van der Waals surface area contributed by atoms with E-state index in [-0.39, 0.29) is 30.4 Å². The van der Waals surface area contributed by atoms with Crippen LogP contribution in [0, 0.1) is 5.41 Å². The van der Waals surface area contributed by atoms with Crippen molar-refractivity contribution in [1.29, 1.82) is 0 Å². The molecule has 2 N–H and O–H groups in total. The van der Waals surface area contributed by atoms with E-state index in [1.54, 1.807) is 18.8 Å². The summed E-state index contributed by atoms with van der Waals surface area (Å²) >= 11 is 0. The van der Waals surface area contributed by atoms with Crippen LogP contribution in [-0.2, 0) is 11.2 Å². The molecule has 4 rings (SSSR count). The summed E-state index contributed by atoms with van der Waals surface area (Å²) in [6, 6.07) is 4.88. The molecule has 1 aromatic carbocycles. The topological polar surface area (TPSA) is 107 Å². The van der Waals surface area contributed by atoms with E-state index in [9.17, 15) is 19.8 Å². The van der Waals surface area contributed by atoms with Gasteiger partial charge in [0, 0.05) is 49.2 Å². The van der Waals surface area contributed by atoms with Crippen molar-refractivity contribution in [3.63, 3.8) is 0 Å². The highest BCUT2D eigenvalue weighted by Crippen LogP contribution is 2.46. The van der Waals surface area contributed by atoms with Gasteiger partial charge in [0.05, 0.1) is 25.5 Å². The second-order valence-corrected chi connectivity index (χ2v) is 9.24. The summed E-state index contributed by atoms with van der Waals surface area (Å²) in [5, 5.41) is 19.5. The number of fused-ring (bicyclic) bond motifs is 3. The molecule has 8 nitrogen and oxygen atoms in total. The predicted molar refractivity (Wildman–Crippen MR) is 118 cm³/mol. The van der Waals surface area contributed by atoms with Crippen LogP contribution in [0.4, 0.5) is 0 Å². The lowest BCUT2D eigenvalue weighted by Crippen LogP contribution is -2.39. The monoisotopic (exact) mass is 443 g/mol. The third-order valence-corrected chi connectivity index (χ3v) is 6.71. The van der Waals surface area contributed by atoms with Gasteiger partial charge in [0.2, 0.25) is 0 Å². The number of methoxy groups -OCH3 is 2. The summed E-state index contributed by atoms with van der Waals surface area (Å²) in [4.78, 5) is 24.1. The number of benzene rings is 1.